The van der Waals surface area contributed by atoms with Crippen LogP contribution in [0.4, 0.5) is 0 Å². The van der Waals surface area contributed by atoms with Crippen molar-refractivity contribution in [2.45, 2.75) is 45.6 Å². The van der Waals surface area contributed by atoms with Crippen molar-refractivity contribution < 1.29 is 14.7 Å². The summed E-state index contributed by atoms with van der Waals surface area (Å²) in [6.07, 6.45) is 2.59. The van der Waals surface area contributed by atoms with Crippen molar-refractivity contribution >= 4 is 11.9 Å². The lowest BCUT2D eigenvalue weighted by Gasteiger charge is -2.37. The van der Waals surface area contributed by atoms with E-state index in [0.29, 0.717) is 25.8 Å². The molecule has 2 rings (SSSR count). The Morgan fingerprint density at radius 1 is 1.38 bits per heavy atom. The quantitative estimate of drug-likeness (QED) is 0.927. The van der Waals surface area contributed by atoms with E-state index in [1.807, 2.05) is 32.0 Å². The zero-order valence-electron chi connectivity index (χ0n) is 12.7. The Morgan fingerprint density at radius 3 is 2.81 bits per heavy atom. The molecule has 0 radical (unpaired) electrons. The fraction of sp³-hybridized carbons (Fsp3) is 0.529. The average Bonchev–Trinajstić information content (AvgIpc) is 2.45. The van der Waals surface area contributed by atoms with Gasteiger partial charge in [0.2, 0.25) is 5.91 Å². The summed E-state index contributed by atoms with van der Waals surface area (Å²) in [5.74, 6) is -1.16. The minimum absolute atomic E-state index is 0.0648. The fourth-order valence-corrected chi connectivity index (χ4v) is 3.09. The van der Waals surface area contributed by atoms with Gasteiger partial charge in [-0.15, -0.1) is 0 Å². The number of piperidine rings is 1. The monoisotopic (exact) mass is 289 g/mol. The third-order valence-electron chi connectivity index (χ3n) is 4.34. The summed E-state index contributed by atoms with van der Waals surface area (Å²) in [7, 11) is 0. The van der Waals surface area contributed by atoms with E-state index in [4.69, 9.17) is 0 Å². The van der Waals surface area contributed by atoms with Crippen LogP contribution in [0.3, 0.4) is 0 Å². The van der Waals surface area contributed by atoms with Crippen LogP contribution in [-0.4, -0.2) is 34.5 Å². The molecule has 21 heavy (non-hydrogen) atoms. The largest absolute Gasteiger partial charge is 0.481 e. The molecule has 1 saturated heterocycles. The maximum absolute atomic E-state index is 12.4. The number of nitrogens with zero attached hydrogens (tertiary/aromatic N) is 1. The molecule has 4 heteroatoms. The molecule has 0 aliphatic carbocycles. The molecule has 1 aliphatic rings. The minimum Gasteiger partial charge on any atom is -0.481 e. The van der Waals surface area contributed by atoms with E-state index in [9.17, 15) is 14.7 Å². The fourth-order valence-electron chi connectivity index (χ4n) is 3.09. The van der Waals surface area contributed by atoms with E-state index < -0.39 is 11.9 Å². The summed E-state index contributed by atoms with van der Waals surface area (Å²) in [6.45, 7) is 4.57. The molecule has 1 heterocycles. The summed E-state index contributed by atoms with van der Waals surface area (Å²) in [4.78, 5) is 25.3. The lowest BCUT2D eigenvalue weighted by atomic mass is 9.90. The highest BCUT2D eigenvalue weighted by molar-refractivity contribution is 5.79. The van der Waals surface area contributed by atoms with Crippen molar-refractivity contribution in [1.82, 2.24) is 4.90 Å². The van der Waals surface area contributed by atoms with E-state index in [2.05, 4.69) is 6.07 Å². The highest BCUT2D eigenvalue weighted by atomic mass is 16.4. The van der Waals surface area contributed by atoms with Crippen molar-refractivity contribution in [1.29, 1.82) is 0 Å². The molecule has 4 nitrogen and oxygen atoms in total. The number of carboxylic acids is 1. The summed E-state index contributed by atoms with van der Waals surface area (Å²) >= 11 is 0. The molecule has 1 fully saturated rings. The van der Waals surface area contributed by atoms with Crippen LogP contribution in [0, 0.1) is 12.8 Å². The highest BCUT2D eigenvalue weighted by Gasteiger charge is 2.34. The number of aliphatic carboxylic acids is 1. The third-order valence-corrected chi connectivity index (χ3v) is 4.34. The second kappa shape index (κ2) is 6.74. The van der Waals surface area contributed by atoms with Gasteiger partial charge in [0.25, 0.3) is 0 Å². The van der Waals surface area contributed by atoms with Crippen LogP contribution in [0.1, 0.15) is 37.3 Å². The Morgan fingerprint density at radius 2 is 2.14 bits per heavy atom. The van der Waals surface area contributed by atoms with Crippen LogP contribution in [0.5, 0.6) is 0 Å². The van der Waals surface area contributed by atoms with Gasteiger partial charge in [0.1, 0.15) is 0 Å². The van der Waals surface area contributed by atoms with E-state index in [0.717, 1.165) is 12.0 Å². The van der Waals surface area contributed by atoms with E-state index >= 15 is 0 Å². The summed E-state index contributed by atoms with van der Waals surface area (Å²) in [5.41, 5.74) is 2.35. The maximum Gasteiger partial charge on any atom is 0.308 e. The number of hydrogen-bond acceptors (Lipinski definition) is 2. The number of likely N-dealkylation sites (tertiary alicyclic amines) is 1. The van der Waals surface area contributed by atoms with Gasteiger partial charge in [-0.1, -0.05) is 29.8 Å². The Kier molecular flexibility index (Phi) is 4.99. The number of carboxylic acid groups (broad SMARTS) is 1. The van der Waals surface area contributed by atoms with E-state index in [1.165, 1.54) is 5.56 Å². The molecule has 114 valence electrons. The van der Waals surface area contributed by atoms with Gasteiger partial charge < -0.3 is 10.0 Å². The van der Waals surface area contributed by atoms with Crippen molar-refractivity contribution in [3.05, 3.63) is 35.4 Å². The average molecular weight is 289 g/mol. The van der Waals surface area contributed by atoms with Crippen LogP contribution >= 0.6 is 0 Å². The predicted octanol–water partition coefficient (Wildman–Crippen LogP) is 2.64. The smallest absolute Gasteiger partial charge is 0.308 e. The highest BCUT2D eigenvalue weighted by Crippen LogP contribution is 2.24. The molecule has 1 aliphatic heterocycles. The van der Waals surface area contributed by atoms with Gasteiger partial charge in [-0.2, -0.15) is 0 Å². The van der Waals surface area contributed by atoms with Crippen molar-refractivity contribution in [2.75, 3.05) is 6.54 Å². The van der Waals surface area contributed by atoms with E-state index in [-0.39, 0.29) is 11.9 Å². The predicted molar refractivity (Wildman–Crippen MR) is 81.0 cm³/mol. The number of aryl methyl sites for hydroxylation is 2. The number of carbonyl (C=O) groups excluding carboxylic acids is 1. The normalized spacial score (nSPS) is 22.1. The second-order valence-electron chi connectivity index (χ2n) is 5.90. The molecule has 1 aromatic carbocycles. The lowest BCUT2D eigenvalue weighted by Crippen LogP contribution is -2.49. The standard InChI is InChI=1S/C17H23NO3/c1-12-5-3-6-14(11-12)8-9-16(19)18-10-4-7-15(13(18)2)17(20)21/h3,5-6,11,13,15H,4,7-10H2,1-2H3,(H,20,21)/t13-,15-/m1/s1. The Labute approximate surface area is 125 Å². The number of amides is 1. The van der Waals surface area contributed by atoms with Crippen LogP contribution in [0.2, 0.25) is 0 Å². The third kappa shape index (κ3) is 3.84. The molecule has 0 spiro atoms. The number of rotatable bonds is 4. The molecule has 0 saturated carbocycles. The van der Waals surface area contributed by atoms with Gasteiger partial charge in [0.15, 0.2) is 0 Å². The van der Waals surface area contributed by atoms with Crippen LogP contribution in [0.15, 0.2) is 24.3 Å². The molecule has 1 amide bonds. The first-order valence-electron chi connectivity index (χ1n) is 7.57. The molecule has 0 bridgehead atoms. The van der Waals surface area contributed by atoms with Gasteiger partial charge in [0, 0.05) is 19.0 Å². The minimum atomic E-state index is -0.793. The maximum atomic E-state index is 12.4. The van der Waals surface area contributed by atoms with Crippen LogP contribution in [0.25, 0.3) is 0 Å². The molecule has 0 unspecified atom stereocenters. The molecular weight excluding hydrogens is 266 g/mol. The molecule has 0 aromatic heterocycles. The Hall–Kier alpha value is -1.84. The summed E-state index contributed by atoms with van der Waals surface area (Å²) in [6, 6.07) is 7.95. The first-order valence-corrected chi connectivity index (χ1v) is 7.57. The number of carbonyl (C=O) groups is 2. The van der Waals surface area contributed by atoms with Gasteiger partial charge in [-0.05, 0) is 38.7 Å². The first-order chi connectivity index (χ1) is 9.99. The Bertz CT molecular complexity index is 527. The molecule has 2 atom stereocenters. The molecular formula is C17H23NO3. The van der Waals surface area contributed by atoms with Crippen molar-refractivity contribution in [2.24, 2.45) is 5.92 Å². The van der Waals surface area contributed by atoms with E-state index in [1.54, 1.807) is 4.90 Å². The van der Waals surface area contributed by atoms with Crippen molar-refractivity contribution in [3.8, 4) is 0 Å². The van der Waals surface area contributed by atoms with Gasteiger partial charge in [0.05, 0.1) is 5.92 Å². The van der Waals surface area contributed by atoms with Gasteiger partial charge >= 0.3 is 5.97 Å². The Balaban J connectivity index is 1.95. The van der Waals surface area contributed by atoms with Crippen LogP contribution < -0.4 is 0 Å². The molecule has 1 N–H and O–H groups in total. The SMILES string of the molecule is Cc1cccc(CCC(=O)N2CCC[C@@H](C(=O)O)[C@H]2C)c1. The number of benzene rings is 1. The molecule has 1 aromatic rings. The second-order valence-corrected chi connectivity index (χ2v) is 5.90. The topological polar surface area (TPSA) is 57.6 Å². The lowest BCUT2D eigenvalue weighted by molar-refractivity contribution is -0.149. The van der Waals surface area contributed by atoms with Crippen LogP contribution in [-0.2, 0) is 16.0 Å². The number of hydrogen-bond donors (Lipinski definition) is 1. The van der Waals surface area contributed by atoms with Crippen molar-refractivity contribution in [3.63, 3.8) is 0 Å². The van der Waals surface area contributed by atoms with Gasteiger partial charge in [-0.3, -0.25) is 9.59 Å². The first kappa shape index (κ1) is 15.5. The summed E-state index contributed by atoms with van der Waals surface area (Å²) in [5, 5.41) is 9.21. The summed E-state index contributed by atoms with van der Waals surface area (Å²) < 4.78 is 0. The zero-order valence-corrected chi connectivity index (χ0v) is 12.7. The zero-order chi connectivity index (χ0) is 15.4. The van der Waals surface area contributed by atoms with Gasteiger partial charge in [-0.25, -0.2) is 0 Å².